The molecule has 0 aliphatic heterocycles. The van der Waals surface area contributed by atoms with E-state index in [2.05, 4.69) is 11.4 Å². The van der Waals surface area contributed by atoms with Crippen LogP contribution in [0.1, 0.15) is 18.4 Å². The molecule has 0 bridgehead atoms. The summed E-state index contributed by atoms with van der Waals surface area (Å²) in [6.45, 7) is 2.90. The third-order valence-corrected chi connectivity index (χ3v) is 2.93. The van der Waals surface area contributed by atoms with E-state index in [0.717, 1.165) is 36.4 Å². The third-order valence-electron chi connectivity index (χ3n) is 2.93. The van der Waals surface area contributed by atoms with Crippen LogP contribution in [0.15, 0.2) is 18.2 Å². The Kier molecular flexibility index (Phi) is 2.57. The fourth-order valence-corrected chi connectivity index (χ4v) is 1.60. The highest BCUT2D eigenvalue weighted by Gasteiger charge is 2.37. The van der Waals surface area contributed by atoms with E-state index in [1.807, 2.05) is 19.1 Å². The molecule has 3 nitrogen and oxygen atoms in total. The summed E-state index contributed by atoms with van der Waals surface area (Å²) in [4.78, 5) is 0. The Hall–Kier alpha value is -1.22. The average Bonchev–Trinajstić information content (AvgIpc) is 2.95. The van der Waals surface area contributed by atoms with Crippen molar-refractivity contribution in [3.8, 4) is 5.75 Å². The molecule has 1 aliphatic rings. The van der Waals surface area contributed by atoms with Crippen molar-refractivity contribution in [2.24, 2.45) is 5.73 Å². The number of hydrogen-bond acceptors (Lipinski definition) is 3. The van der Waals surface area contributed by atoms with Crippen LogP contribution in [0, 0.1) is 6.92 Å². The summed E-state index contributed by atoms with van der Waals surface area (Å²) >= 11 is 0. The lowest BCUT2D eigenvalue weighted by Gasteiger charge is -2.13. The molecule has 1 fully saturated rings. The van der Waals surface area contributed by atoms with Gasteiger partial charge in [0.15, 0.2) is 0 Å². The average molecular weight is 206 g/mol. The molecule has 1 aliphatic carbocycles. The lowest BCUT2D eigenvalue weighted by atomic mass is 10.2. The highest BCUT2D eigenvalue weighted by atomic mass is 16.5. The molecule has 0 saturated heterocycles. The first-order valence-corrected chi connectivity index (χ1v) is 5.30. The lowest BCUT2D eigenvalue weighted by Crippen LogP contribution is -2.31. The summed E-state index contributed by atoms with van der Waals surface area (Å²) < 4.78 is 5.21. The zero-order chi connectivity index (χ0) is 10.9. The Labute approximate surface area is 90.6 Å². The third kappa shape index (κ3) is 2.42. The summed E-state index contributed by atoms with van der Waals surface area (Å²) in [5, 5.41) is 3.36. The maximum Gasteiger partial charge on any atom is 0.121 e. The second-order valence-electron chi connectivity index (χ2n) is 4.40. The van der Waals surface area contributed by atoms with Crippen molar-refractivity contribution in [3.63, 3.8) is 0 Å². The minimum absolute atomic E-state index is 0.0494. The summed E-state index contributed by atoms with van der Waals surface area (Å²) in [6.07, 6.45) is 2.27. The second-order valence-corrected chi connectivity index (χ2v) is 4.40. The van der Waals surface area contributed by atoms with Gasteiger partial charge in [-0.3, -0.25) is 0 Å². The molecule has 3 heteroatoms. The van der Waals surface area contributed by atoms with Gasteiger partial charge in [0.1, 0.15) is 5.75 Å². The molecule has 0 heterocycles. The first-order valence-electron chi connectivity index (χ1n) is 5.30. The number of ether oxygens (including phenoxy) is 1. The van der Waals surface area contributed by atoms with Gasteiger partial charge in [0.2, 0.25) is 0 Å². The summed E-state index contributed by atoms with van der Waals surface area (Å²) in [6, 6.07) is 6.09. The Morgan fingerprint density at radius 3 is 2.73 bits per heavy atom. The smallest absolute Gasteiger partial charge is 0.121 e. The molecular formula is C12H18N2O. The molecule has 0 aromatic heterocycles. The van der Waals surface area contributed by atoms with Crippen LogP contribution in [-0.4, -0.2) is 19.2 Å². The molecule has 0 radical (unpaired) electrons. The van der Waals surface area contributed by atoms with Crippen molar-refractivity contribution in [2.75, 3.05) is 19.0 Å². The van der Waals surface area contributed by atoms with Crippen molar-refractivity contribution in [1.29, 1.82) is 0 Å². The van der Waals surface area contributed by atoms with E-state index in [1.165, 1.54) is 0 Å². The molecule has 82 valence electrons. The van der Waals surface area contributed by atoms with Gasteiger partial charge in [-0.05, 0) is 43.5 Å². The van der Waals surface area contributed by atoms with E-state index in [4.69, 9.17) is 10.5 Å². The first kappa shape index (κ1) is 10.3. The summed E-state index contributed by atoms with van der Waals surface area (Å²) in [5.74, 6) is 0.925. The monoisotopic (exact) mass is 206 g/mol. The molecule has 1 aromatic rings. The van der Waals surface area contributed by atoms with Gasteiger partial charge in [-0.1, -0.05) is 0 Å². The number of benzene rings is 1. The number of nitrogens with two attached hydrogens (primary N) is 1. The molecule has 1 aromatic carbocycles. The van der Waals surface area contributed by atoms with Gasteiger partial charge in [-0.25, -0.2) is 0 Å². The number of anilines is 1. The zero-order valence-electron chi connectivity index (χ0n) is 9.34. The minimum Gasteiger partial charge on any atom is -0.496 e. The molecule has 3 N–H and O–H groups in total. The van der Waals surface area contributed by atoms with Gasteiger partial charge in [0.25, 0.3) is 0 Å². The summed E-state index contributed by atoms with van der Waals surface area (Å²) in [7, 11) is 1.69. The van der Waals surface area contributed by atoms with Crippen LogP contribution in [0.5, 0.6) is 5.75 Å². The SMILES string of the molecule is COc1ccc(NCC2(N)CC2)cc1C. The first-order chi connectivity index (χ1) is 7.13. The van der Waals surface area contributed by atoms with E-state index >= 15 is 0 Å². The molecule has 0 amide bonds. The van der Waals surface area contributed by atoms with Gasteiger partial charge in [0.05, 0.1) is 7.11 Å². The van der Waals surface area contributed by atoms with Gasteiger partial charge in [0, 0.05) is 17.8 Å². The number of nitrogens with one attached hydrogen (secondary N) is 1. The van der Waals surface area contributed by atoms with Gasteiger partial charge in [-0.2, -0.15) is 0 Å². The molecule has 0 spiro atoms. The topological polar surface area (TPSA) is 47.3 Å². The van der Waals surface area contributed by atoms with Crippen molar-refractivity contribution < 1.29 is 4.74 Å². The van der Waals surface area contributed by atoms with E-state index in [9.17, 15) is 0 Å². The maximum absolute atomic E-state index is 6.00. The molecule has 0 unspecified atom stereocenters. The Bertz CT molecular complexity index is 359. The van der Waals surface area contributed by atoms with E-state index in [-0.39, 0.29) is 5.54 Å². The molecule has 1 saturated carbocycles. The van der Waals surface area contributed by atoms with Gasteiger partial charge >= 0.3 is 0 Å². The Morgan fingerprint density at radius 1 is 1.47 bits per heavy atom. The lowest BCUT2D eigenvalue weighted by molar-refractivity contribution is 0.412. The van der Waals surface area contributed by atoms with Crippen molar-refractivity contribution in [2.45, 2.75) is 25.3 Å². The van der Waals surface area contributed by atoms with Crippen molar-refractivity contribution >= 4 is 5.69 Å². The van der Waals surface area contributed by atoms with E-state index in [1.54, 1.807) is 7.11 Å². The maximum atomic E-state index is 6.00. The summed E-state index contributed by atoms with van der Waals surface area (Å²) in [5.41, 5.74) is 8.31. The Balaban J connectivity index is 1.99. The second kappa shape index (κ2) is 3.74. The number of aryl methyl sites for hydroxylation is 1. The standard InChI is InChI=1S/C12H18N2O/c1-9-7-10(3-4-11(9)15-2)14-8-12(13)5-6-12/h3-4,7,14H,5-6,8,13H2,1-2H3. The van der Waals surface area contributed by atoms with Crippen LogP contribution in [0.2, 0.25) is 0 Å². The van der Waals surface area contributed by atoms with Crippen LogP contribution in [0.3, 0.4) is 0 Å². The van der Waals surface area contributed by atoms with Gasteiger partial charge in [-0.15, -0.1) is 0 Å². The number of rotatable bonds is 4. The predicted molar refractivity (Wildman–Crippen MR) is 62.4 cm³/mol. The largest absolute Gasteiger partial charge is 0.496 e. The molecule has 0 atom stereocenters. The highest BCUT2D eigenvalue weighted by Crippen LogP contribution is 2.32. The minimum atomic E-state index is 0.0494. The van der Waals surface area contributed by atoms with Crippen LogP contribution >= 0.6 is 0 Å². The number of hydrogen-bond donors (Lipinski definition) is 2. The van der Waals surface area contributed by atoms with Crippen LogP contribution in [-0.2, 0) is 0 Å². The molecular weight excluding hydrogens is 188 g/mol. The van der Waals surface area contributed by atoms with E-state index < -0.39 is 0 Å². The highest BCUT2D eigenvalue weighted by molar-refractivity contribution is 5.51. The fourth-order valence-electron chi connectivity index (χ4n) is 1.60. The van der Waals surface area contributed by atoms with Crippen LogP contribution < -0.4 is 15.8 Å². The predicted octanol–water partition coefficient (Wildman–Crippen LogP) is 1.91. The van der Waals surface area contributed by atoms with E-state index in [0.29, 0.717) is 0 Å². The van der Waals surface area contributed by atoms with Gasteiger partial charge < -0.3 is 15.8 Å². The molecule has 2 rings (SSSR count). The Morgan fingerprint density at radius 2 is 2.20 bits per heavy atom. The van der Waals surface area contributed by atoms with Crippen LogP contribution in [0.4, 0.5) is 5.69 Å². The van der Waals surface area contributed by atoms with Crippen molar-refractivity contribution in [1.82, 2.24) is 0 Å². The molecule has 15 heavy (non-hydrogen) atoms. The fraction of sp³-hybridized carbons (Fsp3) is 0.500. The zero-order valence-corrected chi connectivity index (χ0v) is 9.34. The normalized spacial score (nSPS) is 17.3. The quantitative estimate of drug-likeness (QED) is 0.791. The number of methoxy groups -OCH3 is 1. The van der Waals surface area contributed by atoms with Crippen LogP contribution in [0.25, 0.3) is 0 Å². The van der Waals surface area contributed by atoms with Crippen molar-refractivity contribution in [3.05, 3.63) is 23.8 Å².